The van der Waals surface area contributed by atoms with Crippen molar-refractivity contribution in [1.82, 2.24) is 37.6 Å². The fourth-order valence-corrected chi connectivity index (χ4v) is 21.7. The molecule has 4 aromatic heterocycles. The average molecular weight is 1430 g/mol. The van der Waals surface area contributed by atoms with Crippen LogP contribution in [-0.2, 0) is 97.6 Å². The second-order valence-electron chi connectivity index (χ2n) is 26.1. The number of methoxy groups -OCH3 is 1. The molecule has 4 aliphatic rings. The molecule has 4 aliphatic carbocycles. The number of halogens is 5. The number of alkyl halides is 3. The number of nitrogens with one attached hydrogen (secondary N) is 1. The summed E-state index contributed by atoms with van der Waals surface area (Å²) >= 11 is 13.0. The van der Waals surface area contributed by atoms with Gasteiger partial charge >= 0.3 is 6.18 Å². The first kappa shape index (κ1) is 69.2. The van der Waals surface area contributed by atoms with Crippen LogP contribution in [0, 0.1) is 0 Å². The molecule has 0 saturated carbocycles. The van der Waals surface area contributed by atoms with E-state index in [4.69, 9.17) is 27.9 Å². The lowest BCUT2D eigenvalue weighted by Crippen LogP contribution is -2.84. The Hall–Kier alpha value is -6.71. The Balaban J connectivity index is 1.11. The lowest BCUT2D eigenvalue weighted by atomic mass is 10.0. The van der Waals surface area contributed by atoms with Gasteiger partial charge in [-0.15, -0.1) is 0 Å². The van der Waals surface area contributed by atoms with Gasteiger partial charge in [0, 0.05) is 77.3 Å². The Morgan fingerprint density at radius 2 is 0.906 bits per heavy atom. The second kappa shape index (κ2) is 26.2. The normalized spacial score (nSPS) is 19.1. The van der Waals surface area contributed by atoms with Gasteiger partial charge in [0.1, 0.15) is 16.1 Å². The molecule has 0 aliphatic heterocycles. The van der Waals surface area contributed by atoms with Crippen LogP contribution in [0.5, 0.6) is 5.88 Å². The summed E-state index contributed by atoms with van der Waals surface area (Å²) in [6.07, 6.45) is 0.504. The molecule has 6 atom stereocenters. The van der Waals surface area contributed by atoms with Crippen molar-refractivity contribution in [2.24, 2.45) is 0 Å². The van der Waals surface area contributed by atoms with Crippen LogP contribution in [0.3, 0.4) is 0 Å². The molecule has 0 bridgehead atoms. The van der Waals surface area contributed by atoms with Crippen LogP contribution in [0.2, 0.25) is 10.2 Å². The summed E-state index contributed by atoms with van der Waals surface area (Å²) in [5.41, 5.74) is 8.84. The minimum atomic E-state index is -5.27. The topological polar surface area (TPSA) is 219 Å². The smallest absolute Gasteiger partial charge is 0.433 e. The maximum atomic E-state index is 17.0. The van der Waals surface area contributed by atoms with Crippen LogP contribution in [0.4, 0.5) is 13.2 Å². The minimum absolute atomic E-state index is 0.0279. The van der Waals surface area contributed by atoms with Crippen LogP contribution < -0.4 is 9.46 Å². The van der Waals surface area contributed by atoms with Crippen LogP contribution in [0.25, 0.3) is 44.6 Å². The fraction of sp³-hybridized carbons (Fsp3) is 0.371. The van der Waals surface area contributed by atoms with Gasteiger partial charge in [-0.3, -0.25) is 9.97 Å². The first-order valence-corrected chi connectivity index (χ1v) is 38.5. The summed E-state index contributed by atoms with van der Waals surface area (Å²) in [5.74, 6) is -2.89. The average Bonchev–Trinajstić information content (AvgIpc) is 0.938. The van der Waals surface area contributed by atoms with Crippen LogP contribution >= 0.6 is 23.2 Å². The second-order valence-corrected chi connectivity index (χ2v) is 36.0. The van der Waals surface area contributed by atoms with Gasteiger partial charge in [-0.05, 0) is 203 Å². The first-order chi connectivity index (χ1) is 45.3. The minimum Gasteiger partial charge on any atom is -0.481 e. The summed E-state index contributed by atoms with van der Waals surface area (Å²) in [5, 5.41) is -6.03. The van der Waals surface area contributed by atoms with E-state index < -0.39 is 103 Å². The summed E-state index contributed by atoms with van der Waals surface area (Å²) in [7, 11) is -19.2. The molecule has 0 fully saturated rings. The third-order valence-corrected chi connectivity index (χ3v) is 28.5. The van der Waals surface area contributed by atoms with Crippen molar-refractivity contribution in [3.63, 3.8) is 0 Å². The predicted octanol–water partition coefficient (Wildman–Crippen LogP) is 12.3. The third kappa shape index (κ3) is 12.8. The Kier molecular flexibility index (Phi) is 18.9. The molecule has 506 valence electrons. The summed E-state index contributed by atoms with van der Waals surface area (Å²) < 4.78 is 188. The van der Waals surface area contributed by atoms with E-state index in [-0.39, 0.29) is 56.5 Å². The number of pyridine rings is 4. The molecular weight excluding hydrogens is 1350 g/mol. The lowest BCUT2D eigenvalue weighted by Gasteiger charge is -2.60. The van der Waals surface area contributed by atoms with Crippen LogP contribution in [0.15, 0.2) is 146 Å². The number of benzene rings is 4. The number of hydrogen-bond acceptors (Lipinski definition) is 13. The van der Waals surface area contributed by atoms with Crippen LogP contribution in [0.1, 0.15) is 98.7 Å². The highest BCUT2D eigenvalue weighted by Crippen LogP contribution is 2.51. The highest BCUT2D eigenvalue weighted by atomic mass is 35.5. The molecular formula is C70H73Cl2F3N8O9S4. The van der Waals surface area contributed by atoms with E-state index in [2.05, 4.69) is 24.7 Å². The number of fused-ring (bicyclic) bond motifs is 4. The summed E-state index contributed by atoms with van der Waals surface area (Å²) in [4.78, 5) is 16.9. The van der Waals surface area contributed by atoms with Crippen LogP contribution in [-0.4, -0.2) is 125 Å². The fourth-order valence-electron chi connectivity index (χ4n) is 14.3. The van der Waals surface area contributed by atoms with Gasteiger partial charge in [-0.25, -0.2) is 48.4 Å². The molecule has 0 spiro atoms. The SMILES string of the molecule is COc1ccc(-c2ccc3c(c2)CC(N(C(C(C)S(=O)(=O)N[C@H]2Cc4ccc(-c5ccc(C(F)(F)F)nc5)cc4C2)(N(C2Cc4ccc(-c5ccc(Cl)cn5)cc4C2)S(=O)(=O)C(C)C)N(C2Cc4ccc(-c5cccnc5Cl)cc4C2)S(=O)(=O)C(C)C)S(=O)(=O)C(C)C)C3)cn1. The molecule has 4 heterocycles. The summed E-state index contributed by atoms with van der Waals surface area (Å²) in [6, 6.07) is 29.4. The third-order valence-electron chi connectivity index (χ3n) is 19.2. The highest BCUT2D eigenvalue weighted by molar-refractivity contribution is 7.92. The lowest BCUT2D eigenvalue weighted by molar-refractivity contribution is -0.141. The molecule has 0 saturated heterocycles. The van der Waals surface area contributed by atoms with Crippen molar-refractivity contribution < 1.29 is 51.6 Å². The molecule has 0 amide bonds. The number of nitrogens with zero attached hydrogens (tertiary/aromatic N) is 7. The molecule has 5 unspecified atom stereocenters. The van der Waals surface area contributed by atoms with Crippen molar-refractivity contribution in [3.05, 3.63) is 206 Å². The quantitative estimate of drug-likeness (QED) is 0.0523. The van der Waals surface area contributed by atoms with Gasteiger partial charge in [-0.1, -0.05) is 96.0 Å². The van der Waals surface area contributed by atoms with E-state index in [1.54, 1.807) is 60.9 Å². The standard InChI is InChI=1S/C70H73Cl2F3N8O9S4/c1-41(2)94(86,87)81(61-32-48-14-12-46(27-56(48)35-61)54-20-24-67(92-8)79-39-54)70(82(95(88,89)42(3)4)62-33-49-15-17-51(28-57(49)36-62)64-10-9-25-76-68(64)72,83(96(90,91)43(5)6)63-34-50-16-18-52(29-58(50)37-63)65-22-21-59(71)40-77-65)44(7)93(84,85)80-60-30-47-13-11-45(26-55(47)31-60)53-19-23-66(78-38-53)69(73,74)75/h9-29,38-44,60-63,80H,30-37H2,1-8H3/t44?,60-,61?,62?,63?,70?/m0/s1. The molecule has 1 N–H and O–H groups in total. The monoisotopic (exact) mass is 1420 g/mol. The number of sulfonamides is 4. The maximum absolute atomic E-state index is 17.0. The van der Waals surface area contributed by atoms with E-state index in [1.807, 2.05) is 60.7 Å². The molecule has 12 rings (SSSR count). The Labute approximate surface area is 569 Å². The maximum Gasteiger partial charge on any atom is 0.433 e. The number of rotatable bonds is 21. The number of aromatic nitrogens is 4. The molecule has 26 heteroatoms. The largest absolute Gasteiger partial charge is 0.481 e. The van der Waals surface area contributed by atoms with Crippen molar-refractivity contribution in [1.29, 1.82) is 0 Å². The first-order valence-electron chi connectivity index (χ1n) is 31.7. The van der Waals surface area contributed by atoms with E-state index in [0.29, 0.717) is 100 Å². The van der Waals surface area contributed by atoms with Crippen molar-refractivity contribution in [2.75, 3.05) is 7.11 Å². The zero-order chi connectivity index (χ0) is 68.8. The predicted molar refractivity (Wildman–Crippen MR) is 367 cm³/mol. The van der Waals surface area contributed by atoms with E-state index in [9.17, 15) is 13.2 Å². The van der Waals surface area contributed by atoms with Crippen molar-refractivity contribution >= 4 is 63.3 Å². The van der Waals surface area contributed by atoms with Crippen molar-refractivity contribution in [3.8, 4) is 50.5 Å². The van der Waals surface area contributed by atoms with Gasteiger partial charge in [0.15, 0.2) is 5.79 Å². The zero-order valence-electron chi connectivity index (χ0n) is 54.0. The van der Waals surface area contributed by atoms with E-state index in [0.717, 1.165) is 25.2 Å². The Morgan fingerprint density at radius 1 is 0.479 bits per heavy atom. The van der Waals surface area contributed by atoms with Gasteiger partial charge in [-0.2, -0.15) is 26.1 Å². The molecule has 8 aromatic rings. The summed E-state index contributed by atoms with van der Waals surface area (Å²) in [6.45, 7) is 9.75. The molecule has 96 heavy (non-hydrogen) atoms. The number of ether oxygens (including phenoxy) is 1. The molecule has 4 aromatic carbocycles. The molecule has 17 nitrogen and oxygen atoms in total. The zero-order valence-corrected chi connectivity index (χ0v) is 58.7. The van der Waals surface area contributed by atoms with E-state index >= 15 is 33.7 Å². The van der Waals surface area contributed by atoms with Gasteiger partial charge in [0.2, 0.25) is 46.0 Å². The Bertz CT molecular complexity index is 4790. The molecule has 0 radical (unpaired) electrons. The number of hydrogen-bond donors (Lipinski definition) is 1. The van der Waals surface area contributed by atoms with Gasteiger partial charge in [0.25, 0.3) is 0 Å². The van der Waals surface area contributed by atoms with Gasteiger partial charge < -0.3 is 4.74 Å². The van der Waals surface area contributed by atoms with E-state index in [1.165, 1.54) is 67.8 Å². The van der Waals surface area contributed by atoms with Gasteiger partial charge in [0.05, 0.1) is 33.6 Å². The highest BCUT2D eigenvalue weighted by Gasteiger charge is 2.71. The Morgan fingerprint density at radius 3 is 1.34 bits per heavy atom. The van der Waals surface area contributed by atoms with Crippen molar-refractivity contribution in [2.45, 2.75) is 157 Å².